The van der Waals surface area contributed by atoms with E-state index in [2.05, 4.69) is 52.6 Å². The number of nitrogens with one attached hydrogen (secondary N) is 1. The monoisotopic (exact) mass is 222 g/mol. The molecule has 1 heterocycles. The average Bonchev–Trinajstić information content (AvgIpc) is 2.55. The minimum Gasteiger partial charge on any atom is -0.368 e. The molecule has 1 aromatic heterocycles. The third kappa shape index (κ3) is 1.92. The normalized spacial score (nSPS) is 13.1. The summed E-state index contributed by atoms with van der Waals surface area (Å²) in [5, 5.41) is 1.41. The molecular weight excluding hydrogens is 198 g/mol. The lowest BCUT2D eigenvalue weighted by Crippen LogP contribution is -2.56. The standard InChI is InChI=1S/C13H24NSi/c1-10(2)15(11(3)4,12(5)6)13-8-7-9-14-13/h7,9-12,14H,1-6H3. The Bertz CT molecular complexity index is 264. The van der Waals surface area contributed by atoms with Crippen molar-refractivity contribution in [3.8, 4) is 0 Å². The quantitative estimate of drug-likeness (QED) is 0.748. The minimum atomic E-state index is -1.46. The Morgan fingerprint density at radius 2 is 1.47 bits per heavy atom. The number of hydrogen-bond acceptors (Lipinski definition) is 0. The van der Waals surface area contributed by atoms with Gasteiger partial charge in [-0.05, 0) is 28.8 Å². The first-order chi connectivity index (χ1) is 6.94. The fourth-order valence-electron chi connectivity index (χ4n) is 3.41. The molecule has 2 heteroatoms. The SMILES string of the molecule is CC(C)[Si](c1[c]cc[nH]1)(C(C)C)C(C)C. The van der Waals surface area contributed by atoms with E-state index in [-0.39, 0.29) is 0 Å². The zero-order valence-electron chi connectivity index (χ0n) is 10.9. The smallest absolute Gasteiger partial charge is 0.116 e. The topological polar surface area (TPSA) is 15.8 Å². The highest BCUT2D eigenvalue weighted by atomic mass is 28.3. The predicted octanol–water partition coefficient (Wildman–Crippen LogP) is 3.70. The highest BCUT2D eigenvalue weighted by molar-refractivity contribution is 6.94. The van der Waals surface area contributed by atoms with Gasteiger partial charge in [0.05, 0.1) is 0 Å². The number of H-pyrrole nitrogens is 1. The van der Waals surface area contributed by atoms with E-state index < -0.39 is 8.07 Å². The van der Waals surface area contributed by atoms with Crippen molar-refractivity contribution in [3.63, 3.8) is 0 Å². The summed E-state index contributed by atoms with van der Waals surface area (Å²) in [6.45, 7) is 14.3. The largest absolute Gasteiger partial charge is 0.368 e. The lowest BCUT2D eigenvalue weighted by atomic mass is 10.5. The molecule has 85 valence electrons. The summed E-state index contributed by atoms with van der Waals surface area (Å²) < 4.78 is 0. The molecule has 0 aliphatic heterocycles. The summed E-state index contributed by atoms with van der Waals surface area (Å²) in [6, 6.07) is 5.45. The van der Waals surface area contributed by atoms with Gasteiger partial charge in [0.15, 0.2) is 0 Å². The highest BCUT2D eigenvalue weighted by Crippen LogP contribution is 2.40. The Morgan fingerprint density at radius 1 is 1.00 bits per heavy atom. The fraction of sp³-hybridized carbons (Fsp3) is 0.692. The van der Waals surface area contributed by atoms with Gasteiger partial charge in [-0.15, -0.1) is 0 Å². The Balaban J connectivity index is 3.27. The van der Waals surface area contributed by atoms with Crippen LogP contribution in [0.1, 0.15) is 41.5 Å². The van der Waals surface area contributed by atoms with Crippen molar-refractivity contribution in [1.82, 2.24) is 4.98 Å². The molecule has 1 nitrogen and oxygen atoms in total. The molecule has 0 spiro atoms. The van der Waals surface area contributed by atoms with Crippen LogP contribution in [-0.2, 0) is 0 Å². The summed E-state index contributed by atoms with van der Waals surface area (Å²) in [5.41, 5.74) is 2.27. The van der Waals surface area contributed by atoms with E-state index in [1.54, 1.807) is 0 Å². The van der Waals surface area contributed by atoms with Gasteiger partial charge in [-0.3, -0.25) is 0 Å². The third-order valence-corrected chi connectivity index (χ3v) is 10.7. The van der Waals surface area contributed by atoms with Gasteiger partial charge in [0.1, 0.15) is 8.07 Å². The van der Waals surface area contributed by atoms with Gasteiger partial charge in [-0.2, -0.15) is 0 Å². The number of hydrogen-bond donors (Lipinski definition) is 1. The maximum absolute atomic E-state index is 3.43. The van der Waals surface area contributed by atoms with E-state index in [0.717, 1.165) is 16.6 Å². The minimum absolute atomic E-state index is 0.757. The van der Waals surface area contributed by atoms with E-state index in [1.807, 2.05) is 12.3 Å². The molecule has 0 aliphatic carbocycles. The first kappa shape index (κ1) is 12.6. The third-order valence-electron chi connectivity index (χ3n) is 3.84. The molecular formula is C13H24NSi. The van der Waals surface area contributed by atoms with Crippen LogP contribution in [0.2, 0.25) is 16.6 Å². The summed E-state index contributed by atoms with van der Waals surface area (Å²) in [4.78, 5) is 3.43. The van der Waals surface area contributed by atoms with Crippen LogP contribution in [0, 0.1) is 6.07 Å². The summed E-state index contributed by atoms with van der Waals surface area (Å²) >= 11 is 0. The molecule has 0 aliphatic rings. The highest BCUT2D eigenvalue weighted by Gasteiger charge is 2.45. The first-order valence-electron chi connectivity index (χ1n) is 5.99. The second-order valence-corrected chi connectivity index (χ2v) is 11.2. The van der Waals surface area contributed by atoms with Crippen molar-refractivity contribution in [3.05, 3.63) is 18.3 Å². The molecule has 1 rings (SSSR count). The lowest BCUT2D eigenvalue weighted by molar-refractivity contribution is 0.831. The van der Waals surface area contributed by atoms with Crippen LogP contribution in [0.4, 0.5) is 0 Å². The van der Waals surface area contributed by atoms with Crippen LogP contribution < -0.4 is 5.32 Å². The first-order valence-corrected chi connectivity index (χ1v) is 8.22. The lowest BCUT2D eigenvalue weighted by Gasteiger charge is -2.42. The molecule has 0 amide bonds. The van der Waals surface area contributed by atoms with Crippen LogP contribution in [0.5, 0.6) is 0 Å². The molecule has 0 fully saturated rings. The van der Waals surface area contributed by atoms with E-state index >= 15 is 0 Å². The van der Waals surface area contributed by atoms with E-state index in [9.17, 15) is 0 Å². The van der Waals surface area contributed by atoms with E-state index in [4.69, 9.17) is 0 Å². The molecule has 1 N–H and O–H groups in total. The van der Waals surface area contributed by atoms with Crippen LogP contribution >= 0.6 is 0 Å². The van der Waals surface area contributed by atoms with Crippen molar-refractivity contribution in [2.75, 3.05) is 0 Å². The van der Waals surface area contributed by atoms with Gasteiger partial charge >= 0.3 is 0 Å². The van der Waals surface area contributed by atoms with Gasteiger partial charge in [0.2, 0.25) is 0 Å². The number of aromatic nitrogens is 1. The second-order valence-electron chi connectivity index (χ2n) is 5.39. The van der Waals surface area contributed by atoms with Crippen molar-refractivity contribution in [2.45, 2.75) is 58.2 Å². The summed E-state index contributed by atoms with van der Waals surface area (Å²) in [5.74, 6) is 0. The Morgan fingerprint density at radius 3 is 1.73 bits per heavy atom. The van der Waals surface area contributed by atoms with Crippen molar-refractivity contribution < 1.29 is 0 Å². The molecule has 1 radical (unpaired) electrons. The number of rotatable bonds is 4. The Hall–Kier alpha value is -0.503. The average molecular weight is 222 g/mol. The van der Waals surface area contributed by atoms with E-state index in [0.29, 0.717) is 0 Å². The Labute approximate surface area is 95.3 Å². The summed E-state index contributed by atoms with van der Waals surface area (Å²) in [6.07, 6.45) is 2.02. The summed E-state index contributed by atoms with van der Waals surface area (Å²) in [7, 11) is -1.46. The van der Waals surface area contributed by atoms with Crippen molar-refractivity contribution in [1.29, 1.82) is 0 Å². The molecule has 0 bridgehead atoms. The molecule has 15 heavy (non-hydrogen) atoms. The molecule has 0 aromatic carbocycles. The van der Waals surface area contributed by atoms with Gasteiger partial charge in [-0.1, -0.05) is 41.5 Å². The van der Waals surface area contributed by atoms with Gasteiger partial charge in [0, 0.05) is 11.5 Å². The molecule has 0 unspecified atom stereocenters. The van der Waals surface area contributed by atoms with Crippen LogP contribution in [0.25, 0.3) is 0 Å². The van der Waals surface area contributed by atoms with Crippen molar-refractivity contribution in [2.24, 2.45) is 0 Å². The number of aromatic amines is 1. The van der Waals surface area contributed by atoms with Crippen LogP contribution in [-0.4, -0.2) is 13.1 Å². The molecule has 0 saturated carbocycles. The van der Waals surface area contributed by atoms with E-state index in [1.165, 1.54) is 5.32 Å². The molecule has 0 atom stereocenters. The molecule has 0 saturated heterocycles. The van der Waals surface area contributed by atoms with Gasteiger partial charge in [0.25, 0.3) is 0 Å². The van der Waals surface area contributed by atoms with Crippen LogP contribution in [0.15, 0.2) is 12.3 Å². The maximum atomic E-state index is 3.43. The zero-order valence-corrected chi connectivity index (χ0v) is 11.9. The zero-order chi connectivity index (χ0) is 11.6. The fourth-order valence-corrected chi connectivity index (χ4v) is 9.81. The van der Waals surface area contributed by atoms with Crippen molar-refractivity contribution >= 4 is 13.4 Å². The predicted molar refractivity (Wildman–Crippen MR) is 70.3 cm³/mol. The Kier molecular flexibility index (Phi) is 3.82. The second kappa shape index (κ2) is 4.56. The maximum Gasteiger partial charge on any atom is 0.116 e. The van der Waals surface area contributed by atoms with Crippen LogP contribution in [0.3, 0.4) is 0 Å². The van der Waals surface area contributed by atoms with Gasteiger partial charge < -0.3 is 4.98 Å². The van der Waals surface area contributed by atoms with Gasteiger partial charge in [-0.25, -0.2) is 0 Å². The molecule has 1 aromatic rings.